The number of hydrogen-bond acceptors (Lipinski definition) is 4. The third kappa shape index (κ3) is 6.31. The Labute approximate surface area is 213 Å². The first-order chi connectivity index (χ1) is 17.3. The maximum atomic E-state index is 13.8. The van der Waals surface area contributed by atoms with Crippen LogP contribution in [0.15, 0.2) is 89.8 Å². The predicted octanol–water partition coefficient (Wildman–Crippen LogP) is 4.00. The second-order valence-electron chi connectivity index (χ2n) is 8.38. The van der Waals surface area contributed by atoms with Crippen molar-refractivity contribution < 1.29 is 18.0 Å². The Kier molecular flexibility index (Phi) is 9.25. The number of carbonyl (C=O) groups excluding carboxylic acids is 2. The molecule has 190 valence electrons. The van der Waals surface area contributed by atoms with Gasteiger partial charge in [-0.25, -0.2) is 8.42 Å². The first-order valence-corrected chi connectivity index (χ1v) is 13.5. The van der Waals surface area contributed by atoms with Crippen LogP contribution in [0, 0.1) is 0 Å². The lowest BCUT2D eigenvalue weighted by molar-refractivity contribution is -0.139. The molecule has 1 N–H and O–H groups in total. The highest BCUT2D eigenvalue weighted by Gasteiger charge is 2.33. The second kappa shape index (κ2) is 12.4. The lowest BCUT2D eigenvalue weighted by Gasteiger charge is -2.32. The normalized spacial score (nSPS) is 12.0. The maximum Gasteiger partial charge on any atom is 0.264 e. The van der Waals surface area contributed by atoms with E-state index in [9.17, 15) is 18.0 Å². The summed E-state index contributed by atoms with van der Waals surface area (Å²) in [6.07, 6.45) is 0.591. The first kappa shape index (κ1) is 26.9. The molecule has 0 aliphatic rings. The predicted molar refractivity (Wildman–Crippen MR) is 142 cm³/mol. The molecular formula is C28H33N3O4S. The Hall–Kier alpha value is -3.65. The molecule has 7 nitrogen and oxygen atoms in total. The summed E-state index contributed by atoms with van der Waals surface area (Å²) in [7, 11) is -4.06. The number of likely N-dealkylation sites (N-methyl/N-ethyl adjacent to an activating group) is 1. The van der Waals surface area contributed by atoms with E-state index < -0.39 is 28.5 Å². The number of aryl methyl sites for hydroxylation is 1. The molecule has 0 bridgehead atoms. The largest absolute Gasteiger partial charge is 0.355 e. The van der Waals surface area contributed by atoms with Crippen LogP contribution in [0.25, 0.3) is 0 Å². The Morgan fingerprint density at radius 2 is 1.44 bits per heavy atom. The Balaban J connectivity index is 2.05. The highest BCUT2D eigenvalue weighted by molar-refractivity contribution is 7.92. The van der Waals surface area contributed by atoms with Gasteiger partial charge in [-0.3, -0.25) is 13.9 Å². The number of nitrogens with one attached hydrogen (secondary N) is 1. The van der Waals surface area contributed by atoms with Gasteiger partial charge in [0.15, 0.2) is 0 Å². The molecule has 0 fully saturated rings. The fraction of sp³-hybridized carbons (Fsp3) is 0.286. The van der Waals surface area contributed by atoms with E-state index >= 15 is 0 Å². The van der Waals surface area contributed by atoms with E-state index in [0.717, 1.165) is 15.4 Å². The van der Waals surface area contributed by atoms with Gasteiger partial charge < -0.3 is 10.2 Å². The summed E-state index contributed by atoms with van der Waals surface area (Å²) >= 11 is 0. The number of sulfonamides is 1. The Morgan fingerprint density at radius 3 is 2.06 bits per heavy atom. The van der Waals surface area contributed by atoms with E-state index in [4.69, 9.17) is 0 Å². The summed E-state index contributed by atoms with van der Waals surface area (Å²) in [5.41, 5.74) is 2.09. The zero-order chi connectivity index (χ0) is 26.1. The molecule has 0 saturated carbocycles. The van der Waals surface area contributed by atoms with Crippen molar-refractivity contribution >= 4 is 27.5 Å². The summed E-state index contributed by atoms with van der Waals surface area (Å²) < 4.78 is 28.8. The molecule has 3 aromatic rings. The van der Waals surface area contributed by atoms with Gasteiger partial charge in [-0.05, 0) is 49.6 Å². The van der Waals surface area contributed by atoms with Gasteiger partial charge in [0.1, 0.15) is 12.6 Å². The number of hydrogen-bond donors (Lipinski definition) is 1. The van der Waals surface area contributed by atoms with Gasteiger partial charge in [-0.1, -0.05) is 73.7 Å². The summed E-state index contributed by atoms with van der Waals surface area (Å²) in [6.45, 7) is 5.56. The van der Waals surface area contributed by atoms with Crippen LogP contribution in [0.4, 0.5) is 5.69 Å². The van der Waals surface area contributed by atoms with Gasteiger partial charge in [0.2, 0.25) is 11.8 Å². The molecule has 8 heteroatoms. The molecule has 3 aromatic carbocycles. The van der Waals surface area contributed by atoms with Crippen LogP contribution in [0.3, 0.4) is 0 Å². The maximum absolute atomic E-state index is 13.8. The summed E-state index contributed by atoms with van der Waals surface area (Å²) in [5, 5.41) is 2.76. The minimum Gasteiger partial charge on any atom is -0.355 e. The highest BCUT2D eigenvalue weighted by Crippen LogP contribution is 2.28. The quantitative estimate of drug-likeness (QED) is 0.425. The fourth-order valence-electron chi connectivity index (χ4n) is 3.97. The molecule has 0 radical (unpaired) electrons. The van der Waals surface area contributed by atoms with Crippen molar-refractivity contribution in [3.8, 4) is 0 Å². The monoisotopic (exact) mass is 507 g/mol. The number of anilines is 1. The van der Waals surface area contributed by atoms with Gasteiger partial charge in [0.25, 0.3) is 10.0 Å². The van der Waals surface area contributed by atoms with E-state index in [1.165, 1.54) is 17.0 Å². The zero-order valence-electron chi connectivity index (χ0n) is 20.9. The van der Waals surface area contributed by atoms with Gasteiger partial charge in [0, 0.05) is 13.1 Å². The highest BCUT2D eigenvalue weighted by atomic mass is 32.2. The molecule has 0 spiro atoms. The van der Waals surface area contributed by atoms with Crippen molar-refractivity contribution in [3.05, 3.63) is 96.1 Å². The molecule has 0 saturated heterocycles. The van der Waals surface area contributed by atoms with Gasteiger partial charge in [-0.2, -0.15) is 0 Å². The standard InChI is InChI=1S/C28H33N3O4S/c1-4-24-16-12-13-19-26(24)31(36(34,35)25-17-10-7-11-18-25)21-27(32)30(22(3)28(33)29-5-2)20-23-14-8-6-9-15-23/h6-19,22H,4-5,20-21H2,1-3H3,(H,29,33)/t22-/m1/s1. The van der Waals surface area contributed by atoms with Crippen LogP contribution >= 0.6 is 0 Å². The van der Waals surface area contributed by atoms with Crippen molar-refractivity contribution in [1.82, 2.24) is 10.2 Å². The van der Waals surface area contributed by atoms with E-state index in [2.05, 4.69) is 5.32 Å². The first-order valence-electron chi connectivity index (χ1n) is 12.1. The topological polar surface area (TPSA) is 86.8 Å². The van der Waals surface area contributed by atoms with E-state index in [1.807, 2.05) is 56.3 Å². The van der Waals surface area contributed by atoms with E-state index in [0.29, 0.717) is 18.7 Å². The summed E-state index contributed by atoms with van der Waals surface area (Å²) in [4.78, 5) is 28.0. The lowest BCUT2D eigenvalue weighted by atomic mass is 10.1. The van der Waals surface area contributed by atoms with Crippen molar-refractivity contribution in [1.29, 1.82) is 0 Å². The van der Waals surface area contributed by atoms with Crippen LogP contribution < -0.4 is 9.62 Å². The fourth-order valence-corrected chi connectivity index (χ4v) is 5.44. The average molecular weight is 508 g/mol. The van der Waals surface area contributed by atoms with Crippen molar-refractivity contribution in [3.63, 3.8) is 0 Å². The SMILES string of the molecule is CCNC(=O)[C@@H](C)N(Cc1ccccc1)C(=O)CN(c1ccccc1CC)S(=O)(=O)c1ccccc1. The van der Waals surface area contributed by atoms with Crippen LogP contribution in [0.2, 0.25) is 0 Å². The molecule has 0 aromatic heterocycles. The van der Waals surface area contributed by atoms with Crippen LogP contribution in [-0.4, -0.2) is 44.3 Å². The Bertz CT molecular complexity index is 1260. The molecule has 0 heterocycles. The third-order valence-electron chi connectivity index (χ3n) is 5.97. The molecule has 0 aliphatic heterocycles. The summed E-state index contributed by atoms with van der Waals surface area (Å²) in [6, 6.07) is 23.8. The van der Waals surface area contributed by atoms with Crippen LogP contribution in [0.5, 0.6) is 0 Å². The third-order valence-corrected chi connectivity index (χ3v) is 7.74. The molecule has 2 amide bonds. The summed E-state index contributed by atoms with van der Waals surface area (Å²) in [5.74, 6) is -0.767. The average Bonchev–Trinajstić information content (AvgIpc) is 2.91. The number of carbonyl (C=O) groups is 2. The number of rotatable bonds is 11. The van der Waals surface area contributed by atoms with Crippen molar-refractivity contribution in [2.24, 2.45) is 0 Å². The van der Waals surface area contributed by atoms with Gasteiger partial charge in [0.05, 0.1) is 10.6 Å². The van der Waals surface area contributed by atoms with Gasteiger partial charge in [-0.15, -0.1) is 0 Å². The molecule has 3 rings (SSSR count). The van der Waals surface area contributed by atoms with E-state index in [1.54, 1.807) is 37.3 Å². The molecule has 36 heavy (non-hydrogen) atoms. The Morgan fingerprint density at radius 1 is 0.861 bits per heavy atom. The van der Waals surface area contributed by atoms with Crippen LogP contribution in [0.1, 0.15) is 31.9 Å². The molecule has 0 unspecified atom stereocenters. The van der Waals surface area contributed by atoms with E-state index in [-0.39, 0.29) is 17.3 Å². The second-order valence-corrected chi connectivity index (χ2v) is 10.2. The smallest absolute Gasteiger partial charge is 0.264 e. The number of nitrogens with zero attached hydrogens (tertiary/aromatic N) is 2. The number of amides is 2. The minimum atomic E-state index is -4.06. The number of benzene rings is 3. The van der Waals surface area contributed by atoms with Gasteiger partial charge >= 0.3 is 0 Å². The van der Waals surface area contributed by atoms with Crippen molar-refractivity contribution in [2.75, 3.05) is 17.4 Å². The van der Waals surface area contributed by atoms with Crippen molar-refractivity contribution in [2.45, 2.75) is 44.7 Å². The molecular weight excluding hydrogens is 474 g/mol. The zero-order valence-corrected chi connectivity index (χ0v) is 21.7. The van der Waals surface area contributed by atoms with Crippen LogP contribution in [-0.2, 0) is 32.6 Å². The minimum absolute atomic E-state index is 0.0927. The lowest BCUT2D eigenvalue weighted by Crippen LogP contribution is -2.51. The molecule has 0 aliphatic carbocycles. The number of para-hydroxylation sites is 1. The molecule has 1 atom stereocenters.